The summed E-state index contributed by atoms with van der Waals surface area (Å²) < 4.78 is 11.5. The van der Waals surface area contributed by atoms with Gasteiger partial charge in [0.2, 0.25) is 5.91 Å². The van der Waals surface area contributed by atoms with E-state index in [-0.39, 0.29) is 0 Å². The number of nitrogens with two attached hydrogens (primary N) is 1. The quantitative estimate of drug-likeness (QED) is 0.492. The zero-order chi connectivity index (χ0) is 6.78. The number of carbonyl (C=O) groups excluding carboxylic acids is 1. The third-order valence-electron chi connectivity index (χ3n) is 0.852. The van der Waals surface area contributed by atoms with Gasteiger partial charge in [-0.2, -0.15) is 0 Å². The minimum Gasteiger partial charge on any atom is -0.368 e. The molecule has 0 fully saturated rings. The van der Waals surface area contributed by atoms with E-state index in [9.17, 15) is 9.28 Å². The van der Waals surface area contributed by atoms with Crippen LogP contribution >= 0.6 is 0 Å². The average molecular weight is 120 g/mol. The van der Waals surface area contributed by atoms with Gasteiger partial charge in [0, 0.05) is 0 Å². The normalized spacial score (nSPS) is 11.4. The van der Waals surface area contributed by atoms with E-state index < -0.39 is 11.4 Å². The maximum atomic E-state index is 11.5. The number of carbonyl (C=O) groups is 1. The molecule has 0 rings (SSSR count). The molecule has 3 nitrogen and oxygen atoms in total. The Morgan fingerprint density at radius 3 is 2.12 bits per heavy atom. The van der Waals surface area contributed by atoms with E-state index >= 15 is 0 Å². The smallest absolute Gasteiger partial charge is 0.239 e. The summed E-state index contributed by atoms with van der Waals surface area (Å²) in [7, 11) is 0. The molecule has 48 valence electrons. The largest absolute Gasteiger partial charge is 0.368 e. The van der Waals surface area contributed by atoms with Crippen LogP contribution in [-0.4, -0.2) is 11.4 Å². The van der Waals surface area contributed by atoms with Crippen molar-refractivity contribution in [2.75, 3.05) is 0 Å². The minimum atomic E-state index is -1.24. The molecule has 0 atom stereocenters. The molecular formula is C4H9FN2O. The van der Waals surface area contributed by atoms with Crippen molar-refractivity contribution in [1.29, 1.82) is 0 Å². The Morgan fingerprint density at radius 2 is 2.12 bits per heavy atom. The Bertz CT molecular complexity index is 102. The second kappa shape index (κ2) is 2.09. The highest BCUT2D eigenvalue weighted by atomic mass is 19.2. The first-order valence-electron chi connectivity index (χ1n) is 2.18. The van der Waals surface area contributed by atoms with E-state index in [1.165, 1.54) is 19.4 Å². The zero-order valence-corrected chi connectivity index (χ0v) is 4.86. The lowest BCUT2D eigenvalue weighted by molar-refractivity contribution is -0.124. The number of nitrogens with one attached hydrogen (secondary N) is 1. The van der Waals surface area contributed by atoms with Gasteiger partial charge in [-0.15, -0.1) is 10.0 Å². The van der Waals surface area contributed by atoms with Gasteiger partial charge in [-0.3, -0.25) is 4.79 Å². The molecule has 0 spiro atoms. The first kappa shape index (κ1) is 7.36. The standard InChI is InChI=1S/C4H9FN2O/c1-4(2,7-5)3(6)8/h7H,1-2H3,(H2,6,8). The number of primary amides is 1. The van der Waals surface area contributed by atoms with Crippen LogP contribution < -0.4 is 11.3 Å². The molecule has 0 saturated heterocycles. The van der Waals surface area contributed by atoms with Crippen LogP contribution in [0.3, 0.4) is 0 Å². The summed E-state index contributed by atoms with van der Waals surface area (Å²) in [6.45, 7) is 2.71. The second-order valence-corrected chi connectivity index (χ2v) is 2.08. The third kappa shape index (κ3) is 1.46. The molecule has 0 saturated carbocycles. The van der Waals surface area contributed by atoms with E-state index in [1.807, 2.05) is 0 Å². The van der Waals surface area contributed by atoms with Gasteiger partial charge in [-0.05, 0) is 13.8 Å². The minimum absolute atomic E-state index is 0.708. The lowest BCUT2D eigenvalue weighted by Crippen LogP contribution is -2.46. The summed E-state index contributed by atoms with van der Waals surface area (Å²) in [6.07, 6.45) is 0. The molecule has 0 aliphatic heterocycles. The molecular weight excluding hydrogens is 111 g/mol. The monoisotopic (exact) mass is 120 g/mol. The van der Waals surface area contributed by atoms with Crippen LogP contribution in [0.2, 0.25) is 0 Å². The summed E-state index contributed by atoms with van der Waals surface area (Å²) in [5, 5.41) is 0. The van der Waals surface area contributed by atoms with E-state index in [0.29, 0.717) is 0 Å². The predicted octanol–water partition coefficient (Wildman–Crippen LogP) is -0.276. The van der Waals surface area contributed by atoms with Crippen LogP contribution in [0, 0.1) is 0 Å². The summed E-state index contributed by atoms with van der Waals surface area (Å²) in [5.41, 5.74) is 4.77. The lowest BCUT2D eigenvalue weighted by Gasteiger charge is -2.14. The van der Waals surface area contributed by atoms with Gasteiger partial charge in [0.05, 0.1) is 0 Å². The molecule has 0 aromatic carbocycles. The molecule has 0 aliphatic rings. The molecule has 0 unspecified atom stereocenters. The van der Waals surface area contributed by atoms with E-state index in [4.69, 9.17) is 5.73 Å². The molecule has 3 N–H and O–H groups in total. The van der Waals surface area contributed by atoms with Crippen LogP contribution in [0.15, 0.2) is 0 Å². The number of hydrogen-bond donors (Lipinski definition) is 2. The Kier molecular flexibility index (Phi) is 1.92. The first-order chi connectivity index (χ1) is 3.50. The van der Waals surface area contributed by atoms with Gasteiger partial charge in [-0.25, -0.2) is 0 Å². The van der Waals surface area contributed by atoms with Crippen LogP contribution in [0.5, 0.6) is 0 Å². The summed E-state index contributed by atoms with van der Waals surface area (Å²) in [6, 6.07) is 0. The van der Waals surface area contributed by atoms with Crippen molar-refractivity contribution in [3.63, 3.8) is 0 Å². The molecule has 0 aromatic heterocycles. The van der Waals surface area contributed by atoms with Crippen molar-refractivity contribution in [2.24, 2.45) is 5.73 Å². The maximum absolute atomic E-state index is 11.5. The molecule has 8 heavy (non-hydrogen) atoms. The zero-order valence-electron chi connectivity index (χ0n) is 4.86. The van der Waals surface area contributed by atoms with Gasteiger partial charge in [-0.1, -0.05) is 0 Å². The number of amides is 1. The Labute approximate surface area is 47.0 Å². The van der Waals surface area contributed by atoms with Crippen LogP contribution in [0.25, 0.3) is 0 Å². The number of rotatable bonds is 2. The summed E-state index contributed by atoms with van der Waals surface area (Å²) in [5.74, 6) is -0.708. The maximum Gasteiger partial charge on any atom is 0.239 e. The number of hydrogen-bond acceptors (Lipinski definition) is 2. The topological polar surface area (TPSA) is 55.1 Å². The fraction of sp³-hybridized carbons (Fsp3) is 0.750. The molecule has 0 aromatic rings. The van der Waals surface area contributed by atoms with Gasteiger partial charge < -0.3 is 5.73 Å². The lowest BCUT2D eigenvalue weighted by atomic mass is 10.1. The van der Waals surface area contributed by atoms with E-state index in [2.05, 4.69) is 0 Å². The van der Waals surface area contributed by atoms with Crippen molar-refractivity contribution in [3.8, 4) is 0 Å². The average Bonchev–Trinajstić information content (AvgIpc) is 1.67. The van der Waals surface area contributed by atoms with Gasteiger partial charge >= 0.3 is 0 Å². The molecule has 0 bridgehead atoms. The van der Waals surface area contributed by atoms with Crippen LogP contribution in [0.4, 0.5) is 4.48 Å². The number of halogens is 1. The molecule has 0 radical (unpaired) electrons. The van der Waals surface area contributed by atoms with Crippen molar-refractivity contribution in [1.82, 2.24) is 5.54 Å². The van der Waals surface area contributed by atoms with Crippen molar-refractivity contribution in [2.45, 2.75) is 19.4 Å². The van der Waals surface area contributed by atoms with Gasteiger partial charge in [0.1, 0.15) is 5.54 Å². The Hall–Kier alpha value is -0.640. The van der Waals surface area contributed by atoms with Crippen LogP contribution in [-0.2, 0) is 4.79 Å². The molecule has 1 amide bonds. The van der Waals surface area contributed by atoms with Gasteiger partial charge in [0.15, 0.2) is 0 Å². The fourth-order valence-corrected chi connectivity index (χ4v) is 0.0466. The molecule has 4 heteroatoms. The summed E-state index contributed by atoms with van der Waals surface area (Å²) >= 11 is 0. The first-order valence-corrected chi connectivity index (χ1v) is 2.18. The van der Waals surface area contributed by atoms with Crippen molar-refractivity contribution < 1.29 is 9.28 Å². The fourth-order valence-electron chi connectivity index (χ4n) is 0.0466. The summed E-state index contributed by atoms with van der Waals surface area (Å²) in [4.78, 5) is 10.2. The third-order valence-corrected chi connectivity index (χ3v) is 0.852. The molecule has 0 heterocycles. The van der Waals surface area contributed by atoms with Crippen LogP contribution in [0.1, 0.15) is 13.8 Å². The van der Waals surface area contributed by atoms with Gasteiger partial charge in [0.25, 0.3) is 0 Å². The highest BCUT2D eigenvalue weighted by molar-refractivity contribution is 5.83. The highest BCUT2D eigenvalue weighted by Gasteiger charge is 2.23. The highest BCUT2D eigenvalue weighted by Crippen LogP contribution is 1.98. The van der Waals surface area contributed by atoms with E-state index in [1.54, 1.807) is 0 Å². The SMILES string of the molecule is CC(C)(NF)C(N)=O. The predicted molar refractivity (Wildman–Crippen MR) is 27.5 cm³/mol. The van der Waals surface area contributed by atoms with Crippen molar-refractivity contribution >= 4 is 5.91 Å². The second-order valence-electron chi connectivity index (χ2n) is 2.08. The van der Waals surface area contributed by atoms with Crippen molar-refractivity contribution in [3.05, 3.63) is 0 Å². The molecule has 0 aliphatic carbocycles. The Morgan fingerprint density at radius 1 is 1.75 bits per heavy atom. The van der Waals surface area contributed by atoms with E-state index in [0.717, 1.165) is 0 Å². The Balaban J connectivity index is 3.91.